The Labute approximate surface area is 76.1 Å². The predicted molar refractivity (Wildman–Crippen MR) is 54.1 cm³/mol. The average molecular weight is 173 g/mol. The number of rotatable bonds is 8. The molecular weight excluding hydrogens is 150 g/mol. The molecule has 0 aromatic rings. The number of nitrogens with zero attached hydrogens (tertiary/aromatic N) is 1. The molecule has 4 N–H and O–H groups in total. The summed E-state index contributed by atoms with van der Waals surface area (Å²) in [4.78, 5) is 2.35. The minimum absolute atomic E-state index is 0.816. The Balaban J connectivity index is 3.04. The maximum Gasteiger partial charge on any atom is -0.00213 e. The van der Waals surface area contributed by atoms with Crippen LogP contribution in [0, 0.1) is 0 Å². The predicted octanol–water partition coefficient (Wildman–Crippen LogP) is 0.396. The van der Waals surface area contributed by atoms with E-state index in [1.807, 2.05) is 0 Å². The normalized spacial score (nSPS) is 11.0. The minimum atomic E-state index is 0.816. The average Bonchev–Trinajstić information content (AvgIpc) is 2.06. The van der Waals surface area contributed by atoms with Gasteiger partial charge in [0.05, 0.1) is 0 Å². The lowest BCUT2D eigenvalue weighted by Gasteiger charge is -2.15. The molecule has 74 valence electrons. The summed E-state index contributed by atoms with van der Waals surface area (Å²) in [5.41, 5.74) is 10.8. The van der Waals surface area contributed by atoms with Crippen molar-refractivity contribution in [2.75, 3.05) is 33.2 Å². The zero-order valence-corrected chi connectivity index (χ0v) is 8.26. The van der Waals surface area contributed by atoms with Gasteiger partial charge < -0.3 is 16.4 Å². The molecule has 0 saturated carbocycles. The van der Waals surface area contributed by atoms with Crippen LogP contribution in [-0.2, 0) is 0 Å². The summed E-state index contributed by atoms with van der Waals surface area (Å²) >= 11 is 0. The summed E-state index contributed by atoms with van der Waals surface area (Å²) in [6.45, 7) is 3.97. The van der Waals surface area contributed by atoms with Crippen LogP contribution in [0.5, 0.6) is 0 Å². The van der Waals surface area contributed by atoms with Crippen LogP contribution in [0.15, 0.2) is 0 Å². The molecule has 0 spiro atoms. The van der Waals surface area contributed by atoms with Crippen molar-refractivity contribution < 1.29 is 0 Å². The van der Waals surface area contributed by atoms with Crippen molar-refractivity contribution in [3.8, 4) is 0 Å². The number of hydrogen-bond donors (Lipinski definition) is 2. The second-order valence-corrected chi connectivity index (χ2v) is 3.29. The molecule has 0 aromatic heterocycles. The Morgan fingerprint density at radius 2 is 1.25 bits per heavy atom. The summed E-state index contributed by atoms with van der Waals surface area (Å²) < 4.78 is 0. The molecule has 0 bridgehead atoms. The van der Waals surface area contributed by atoms with Gasteiger partial charge in [-0.25, -0.2) is 0 Å². The highest BCUT2D eigenvalue weighted by atomic mass is 15.1. The molecule has 3 heteroatoms. The fourth-order valence-electron chi connectivity index (χ4n) is 1.16. The first-order chi connectivity index (χ1) is 5.81. The van der Waals surface area contributed by atoms with Crippen LogP contribution in [0.2, 0.25) is 0 Å². The van der Waals surface area contributed by atoms with Crippen LogP contribution in [0.4, 0.5) is 0 Å². The van der Waals surface area contributed by atoms with E-state index in [1.165, 1.54) is 25.9 Å². The van der Waals surface area contributed by atoms with E-state index in [0.717, 1.165) is 25.9 Å². The molecule has 0 aromatic carbocycles. The molecular formula is C9H23N3. The molecule has 0 aliphatic heterocycles. The lowest BCUT2D eigenvalue weighted by Crippen LogP contribution is -2.22. The Kier molecular flexibility index (Phi) is 8.88. The number of nitrogens with two attached hydrogens (primary N) is 2. The van der Waals surface area contributed by atoms with Gasteiger partial charge in [-0.3, -0.25) is 0 Å². The molecule has 0 heterocycles. The van der Waals surface area contributed by atoms with E-state index < -0.39 is 0 Å². The lowest BCUT2D eigenvalue weighted by molar-refractivity contribution is 0.320. The van der Waals surface area contributed by atoms with Gasteiger partial charge in [-0.15, -0.1) is 0 Å². The van der Waals surface area contributed by atoms with Crippen LogP contribution >= 0.6 is 0 Å². The molecule has 0 saturated heterocycles. The van der Waals surface area contributed by atoms with Gasteiger partial charge in [0.25, 0.3) is 0 Å². The van der Waals surface area contributed by atoms with Crippen molar-refractivity contribution in [3.05, 3.63) is 0 Å². The van der Waals surface area contributed by atoms with Crippen LogP contribution in [0.3, 0.4) is 0 Å². The second-order valence-electron chi connectivity index (χ2n) is 3.29. The van der Waals surface area contributed by atoms with E-state index in [1.54, 1.807) is 0 Å². The fraction of sp³-hybridized carbons (Fsp3) is 1.00. The summed E-state index contributed by atoms with van der Waals surface area (Å²) in [6, 6.07) is 0. The van der Waals surface area contributed by atoms with Crippen molar-refractivity contribution in [1.82, 2.24) is 4.90 Å². The van der Waals surface area contributed by atoms with Crippen molar-refractivity contribution in [3.63, 3.8) is 0 Å². The number of hydrogen-bond acceptors (Lipinski definition) is 3. The van der Waals surface area contributed by atoms with Gasteiger partial charge in [-0.2, -0.15) is 0 Å². The first-order valence-electron chi connectivity index (χ1n) is 4.90. The molecule has 0 rings (SSSR count). The van der Waals surface area contributed by atoms with E-state index >= 15 is 0 Å². The van der Waals surface area contributed by atoms with E-state index in [2.05, 4.69) is 11.9 Å². The third-order valence-electron chi connectivity index (χ3n) is 1.99. The molecule has 0 atom stereocenters. The largest absolute Gasteiger partial charge is 0.330 e. The van der Waals surface area contributed by atoms with Crippen molar-refractivity contribution in [2.24, 2.45) is 11.5 Å². The Bertz CT molecular complexity index is 75.8. The highest BCUT2D eigenvalue weighted by Crippen LogP contribution is 1.94. The first-order valence-corrected chi connectivity index (χ1v) is 4.90. The van der Waals surface area contributed by atoms with Gasteiger partial charge in [-0.1, -0.05) is 0 Å². The molecule has 3 nitrogen and oxygen atoms in total. The van der Waals surface area contributed by atoms with Gasteiger partial charge in [0, 0.05) is 0 Å². The van der Waals surface area contributed by atoms with Gasteiger partial charge in [0.15, 0.2) is 0 Å². The first kappa shape index (κ1) is 11.9. The lowest BCUT2D eigenvalue weighted by atomic mass is 10.2. The van der Waals surface area contributed by atoms with Crippen LogP contribution in [0.25, 0.3) is 0 Å². The van der Waals surface area contributed by atoms with Crippen LogP contribution in [0.1, 0.15) is 25.7 Å². The maximum atomic E-state index is 5.40. The third kappa shape index (κ3) is 7.98. The number of unbranched alkanes of at least 4 members (excludes halogenated alkanes) is 2. The topological polar surface area (TPSA) is 55.3 Å². The quantitative estimate of drug-likeness (QED) is 0.522. The maximum absolute atomic E-state index is 5.40. The summed E-state index contributed by atoms with van der Waals surface area (Å²) in [5.74, 6) is 0. The van der Waals surface area contributed by atoms with Crippen molar-refractivity contribution in [1.29, 1.82) is 0 Å². The monoisotopic (exact) mass is 173 g/mol. The third-order valence-corrected chi connectivity index (χ3v) is 1.99. The van der Waals surface area contributed by atoms with E-state index in [4.69, 9.17) is 11.5 Å². The van der Waals surface area contributed by atoms with Crippen molar-refractivity contribution in [2.45, 2.75) is 25.7 Å². The van der Waals surface area contributed by atoms with Gasteiger partial charge in [-0.05, 0) is 58.9 Å². The van der Waals surface area contributed by atoms with Gasteiger partial charge >= 0.3 is 0 Å². The summed E-state index contributed by atoms with van der Waals surface area (Å²) in [6.07, 6.45) is 4.72. The van der Waals surface area contributed by atoms with E-state index in [-0.39, 0.29) is 0 Å². The summed E-state index contributed by atoms with van der Waals surface area (Å²) in [7, 11) is 2.16. The molecule has 0 radical (unpaired) electrons. The van der Waals surface area contributed by atoms with Gasteiger partial charge in [0.2, 0.25) is 0 Å². The fourth-order valence-corrected chi connectivity index (χ4v) is 1.16. The highest BCUT2D eigenvalue weighted by molar-refractivity contribution is 4.53. The second kappa shape index (κ2) is 8.97. The molecule has 0 fully saturated rings. The molecule has 0 aliphatic rings. The minimum Gasteiger partial charge on any atom is -0.330 e. The van der Waals surface area contributed by atoms with Gasteiger partial charge in [0.1, 0.15) is 0 Å². The zero-order chi connectivity index (χ0) is 9.23. The van der Waals surface area contributed by atoms with E-state index in [9.17, 15) is 0 Å². The molecule has 0 amide bonds. The smallest absolute Gasteiger partial charge is 0.00213 e. The molecule has 12 heavy (non-hydrogen) atoms. The Hall–Kier alpha value is -0.120. The molecule has 0 unspecified atom stereocenters. The Morgan fingerprint density at radius 1 is 0.833 bits per heavy atom. The van der Waals surface area contributed by atoms with E-state index in [0.29, 0.717) is 0 Å². The molecule has 0 aliphatic carbocycles. The zero-order valence-electron chi connectivity index (χ0n) is 8.26. The van der Waals surface area contributed by atoms with Crippen LogP contribution in [-0.4, -0.2) is 38.1 Å². The standard InChI is InChI=1S/C9H23N3/c1-12(8-4-2-6-10)9-5-3-7-11/h2-11H2,1H3. The van der Waals surface area contributed by atoms with Crippen LogP contribution < -0.4 is 11.5 Å². The van der Waals surface area contributed by atoms with Crippen molar-refractivity contribution >= 4 is 0 Å². The highest BCUT2D eigenvalue weighted by Gasteiger charge is 1.96. The summed E-state index contributed by atoms with van der Waals surface area (Å²) in [5, 5.41) is 0. The SMILES string of the molecule is CN(CCCCN)CCCCN. The Morgan fingerprint density at radius 3 is 1.58 bits per heavy atom.